The van der Waals surface area contributed by atoms with Crippen molar-refractivity contribution in [3.63, 3.8) is 0 Å². The Bertz CT molecular complexity index is 365. The van der Waals surface area contributed by atoms with Crippen LogP contribution in [0, 0.1) is 12.8 Å². The minimum Gasteiger partial charge on any atom is -0.369 e. The molecular weight excluding hydrogens is 226 g/mol. The number of hydrogen-bond donors (Lipinski definition) is 2. The summed E-state index contributed by atoms with van der Waals surface area (Å²) in [7, 11) is 0. The predicted octanol–water partition coefficient (Wildman–Crippen LogP) is -0.241. The Morgan fingerprint density at radius 3 is 2.81 bits per heavy atom. The number of thioether (sulfide) groups is 1. The van der Waals surface area contributed by atoms with E-state index in [0.717, 1.165) is 11.0 Å². The largest absolute Gasteiger partial charge is 0.369 e. The number of aryl methyl sites for hydroxylation is 1. The first-order chi connectivity index (χ1) is 7.56. The predicted molar refractivity (Wildman–Crippen MR) is 62.9 cm³/mol. The van der Waals surface area contributed by atoms with E-state index in [1.54, 1.807) is 6.92 Å². The van der Waals surface area contributed by atoms with Gasteiger partial charge < -0.3 is 16.0 Å². The molecule has 6 nitrogen and oxygen atoms in total. The van der Waals surface area contributed by atoms with Crippen LogP contribution in [0.15, 0.2) is 5.16 Å². The first kappa shape index (κ1) is 13.0. The van der Waals surface area contributed by atoms with Crippen molar-refractivity contribution in [2.24, 2.45) is 17.4 Å². The summed E-state index contributed by atoms with van der Waals surface area (Å²) in [6, 6.07) is 0. The molecule has 1 heterocycles. The third-order valence-corrected chi connectivity index (χ3v) is 3.43. The Morgan fingerprint density at radius 2 is 2.25 bits per heavy atom. The summed E-state index contributed by atoms with van der Waals surface area (Å²) >= 11 is 1.48. The van der Waals surface area contributed by atoms with Crippen LogP contribution in [0.4, 0.5) is 0 Å². The van der Waals surface area contributed by atoms with E-state index in [1.807, 2.05) is 11.5 Å². The van der Waals surface area contributed by atoms with Crippen molar-refractivity contribution in [1.82, 2.24) is 14.8 Å². The van der Waals surface area contributed by atoms with E-state index in [0.29, 0.717) is 18.8 Å². The smallest absolute Gasteiger partial charge is 0.221 e. The van der Waals surface area contributed by atoms with E-state index < -0.39 is 0 Å². The maximum atomic E-state index is 10.9. The van der Waals surface area contributed by atoms with Crippen LogP contribution < -0.4 is 11.5 Å². The van der Waals surface area contributed by atoms with Crippen molar-refractivity contribution in [1.29, 1.82) is 0 Å². The minimum atomic E-state index is -0.297. The molecule has 1 amide bonds. The van der Waals surface area contributed by atoms with Gasteiger partial charge in [-0.2, -0.15) is 0 Å². The fourth-order valence-electron chi connectivity index (χ4n) is 1.14. The second-order valence-electron chi connectivity index (χ2n) is 3.58. The van der Waals surface area contributed by atoms with Gasteiger partial charge in [0, 0.05) is 24.8 Å². The fraction of sp³-hybridized carbons (Fsp3) is 0.667. The van der Waals surface area contributed by atoms with Crippen molar-refractivity contribution in [2.75, 3.05) is 12.3 Å². The van der Waals surface area contributed by atoms with Crippen LogP contribution in [-0.2, 0) is 11.3 Å². The van der Waals surface area contributed by atoms with E-state index in [-0.39, 0.29) is 11.8 Å². The average molecular weight is 243 g/mol. The van der Waals surface area contributed by atoms with Crippen LogP contribution in [0.2, 0.25) is 0 Å². The molecule has 90 valence electrons. The molecule has 0 saturated heterocycles. The molecule has 4 N–H and O–H groups in total. The van der Waals surface area contributed by atoms with Crippen molar-refractivity contribution in [3.8, 4) is 0 Å². The van der Waals surface area contributed by atoms with Crippen LogP contribution in [0.25, 0.3) is 0 Å². The van der Waals surface area contributed by atoms with Gasteiger partial charge in [-0.25, -0.2) is 0 Å². The van der Waals surface area contributed by atoms with Crippen LogP contribution >= 0.6 is 11.8 Å². The summed E-state index contributed by atoms with van der Waals surface area (Å²) in [4.78, 5) is 10.9. The molecule has 0 saturated carbocycles. The molecule has 7 heteroatoms. The summed E-state index contributed by atoms with van der Waals surface area (Å²) < 4.78 is 1.94. The zero-order valence-electron chi connectivity index (χ0n) is 9.51. The third-order valence-electron chi connectivity index (χ3n) is 2.20. The Labute approximate surface area is 98.8 Å². The highest BCUT2D eigenvalue weighted by atomic mass is 32.2. The molecule has 1 aromatic heterocycles. The molecule has 0 bridgehead atoms. The number of primary amides is 1. The van der Waals surface area contributed by atoms with E-state index in [9.17, 15) is 4.79 Å². The van der Waals surface area contributed by atoms with E-state index in [1.165, 1.54) is 11.8 Å². The normalized spacial score (nSPS) is 12.7. The van der Waals surface area contributed by atoms with Gasteiger partial charge >= 0.3 is 0 Å². The van der Waals surface area contributed by atoms with Crippen molar-refractivity contribution >= 4 is 17.7 Å². The second-order valence-corrected chi connectivity index (χ2v) is 4.57. The van der Waals surface area contributed by atoms with Gasteiger partial charge in [-0.05, 0) is 6.92 Å². The first-order valence-corrected chi connectivity index (χ1v) is 6.06. The number of hydrogen-bond acceptors (Lipinski definition) is 5. The molecule has 1 aromatic rings. The molecule has 0 aliphatic carbocycles. The van der Waals surface area contributed by atoms with Crippen LogP contribution in [0.1, 0.15) is 12.7 Å². The summed E-state index contributed by atoms with van der Waals surface area (Å²) in [5.74, 6) is 0.972. The number of aromatic nitrogens is 3. The molecule has 0 aliphatic heterocycles. The van der Waals surface area contributed by atoms with Crippen molar-refractivity contribution < 1.29 is 4.79 Å². The standard InChI is InChI=1S/C9H17N5OS/c1-6(8(11)15)5-16-9-13-12-7(2)14(9)4-3-10/h6H,3-5,10H2,1-2H3,(H2,11,15). The fourth-order valence-corrected chi connectivity index (χ4v) is 2.18. The Hall–Kier alpha value is -1.08. The van der Waals surface area contributed by atoms with Crippen LogP contribution in [-0.4, -0.2) is 33.0 Å². The second kappa shape index (κ2) is 5.86. The third kappa shape index (κ3) is 3.21. The molecule has 0 aliphatic rings. The SMILES string of the molecule is Cc1nnc(SCC(C)C(N)=O)n1CCN. The van der Waals surface area contributed by atoms with Crippen LogP contribution in [0.5, 0.6) is 0 Å². The maximum Gasteiger partial charge on any atom is 0.221 e. The Kier molecular flexibility index (Phi) is 4.75. The number of nitrogens with two attached hydrogens (primary N) is 2. The van der Waals surface area contributed by atoms with Gasteiger partial charge in [0.2, 0.25) is 5.91 Å². The van der Waals surface area contributed by atoms with Crippen molar-refractivity contribution in [2.45, 2.75) is 25.5 Å². The molecule has 1 atom stereocenters. The lowest BCUT2D eigenvalue weighted by Crippen LogP contribution is -2.22. The summed E-state index contributed by atoms with van der Waals surface area (Å²) in [6.07, 6.45) is 0. The topological polar surface area (TPSA) is 99.8 Å². The number of rotatable bonds is 6. The van der Waals surface area contributed by atoms with Gasteiger partial charge in [0.15, 0.2) is 5.16 Å². The van der Waals surface area contributed by atoms with Crippen LogP contribution in [0.3, 0.4) is 0 Å². The molecule has 1 rings (SSSR count). The summed E-state index contributed by atoms with van der Waals surface area (Å²) in [5.41, 5.74) is 10.7. The lowest BCUT2D eigenvalue weighted by Gasteiger charge is -2.08. The monoisotopic (exact) mass is 243 g/mol. The zero-order valence-corrected chi connectivity index (χ0v) is 10.3. The molecule has 16 heavy (non-hydrogen) atoms. The lowest BCUT2D eigenvalue weighted by atomic mass is 10.2. The summed E-state index contributed by atoms with van der Waals surface area (Å²) in [5, 5.41) is 8.80. The minimum absolute atomic E-state index is 0.173. The molecule has 0 fully saturated rings. The van der Waals surface area contributed by atoms with Gasteiger partial charge in [0.05, 0.1) is 0 Å². The average Bonchev–Trinajstić information content (AvgIpc) is 2.58. The van der Waals surface area contributed by atoms with Gasteiger partial charge in [-0.1, -0.05) is 18.7 Å². The lowest BCUT2D eigenvalue weighted by molar-refractivity contribution is -0.120. The molecule has 1 unspecified atom stereocenters. The van der Waals surface area contributed by atoms with E-state index >= 15 is 0 Å². The van der Waals surface area contributed by atoms with E-state index in [2.05, 4.69) is 10.2 Å². The highest BCUT2D eigenvalue weighted by Gasteiger charge is 2.13. The van der Waals surface area contributed by atoms with Gasteiger partial charge in [-0.3, -0.25) is 4.79 Å². The van der Waals surface area contributed by atoms with Gasteiger partial charge in [-0.15, -0.1) is 10.2 Å². The van der Waals surface area contributed by atoms with Gasteiger partial charge in [0.1, 0.15) is 5.82 Å². The molecule has 0 spiro atoms. The highest BCUT2D eigenvalue weighted by molar-refractivity contribution is 7.99. The Morgan fingerprint density at radius 1 is 1.56 bits per heavy atom. The summed E-state index contributed by atoms with van der Waals surface area (Å²) in [6.45, 7) is 4.90. The number of carbonyl (C=O) groups excluding carboxylic acids is 1. The van der Waals surface area contributed by atoms with E-state index in [4.69, 9.17) is 11.5 Å². The highest BCUT2D eigenvalue weighted by Crippen LogP contribution is 2.19. The molecule has 0 radical (unpaired) electrons. The number of amides is 1. The molecular formula is C9H17N5OS. The maximum absolute atomic E-state index is 10.9. The van der Waals surface area contributed by atoms with Crippen molar-refractivity contribution in [3.05, 3.63) is 5.82 Å². The molecule has 0 aromatic carbocycles. The Balaban J connectivity index is 2.63. The number of nitrogens with zero attached hydrogens (tertiary/aromatic N) is 3. The zero-order chi connectivity index (χ0) is 12.1. The quantitative estimate of drug-likeness (QED) is 0.672. The first-order valence-electron chi connectivity index (χ1n) is 5.08. The van der Waals surface area contributed by atoms with Gasteiger partial charge in [0.25, 0.3) is 0 Å². The number of carbonyl (C=O) groups is 1.